The summed E-state index contributed by atoms with van der Waals surface area (Å²) in [7, 11) is 0. The number of rotatable bonds is 4. The van der Waals surface area contributed by atoms with E-state index in [2.05, 4.69) is 10.3 Å². The third kappa shape index (κ3) is 2.98. The number of H-pyrrole nitrogens is 1. The molecule has 0 spiro atoms. The van der Waals surface area contributed by atoms with E-state index in [1.54, 1.807) is 0 Å². The first-order chi connectivity index (χ1) is 9.08. The van der Waals surface area contributed by atoms with Gasteiger partial charge in [-0.1, -0.05) is 24.3 Å². The van der Waals surface area contributed by atoms with Crippen LogP contribution in [0.25, 0.3) is 0 Å². The Hall–Kier alpha value is -2.63. The van der Waals surface area contributed by atoms with Crippen LogP contribution in [0.1, 0.15) is 21.6 Å². The van der Waals surface area contributed by atoms with E-state index in [0.29, 0.717) is 6.54 Å². The highest BCUT2D eigenvalue weighted by atomic mass is 16.6. The number of nitrogens with zero attached hydrogens (tertiary/aromatic N) is 1. The Kier molecular flexibility index (Phi) is 3.61. The van der Waals surface area contributed by atoms with Crippen LogP contribution in [-0.2, 0) is 6.54 Å². The number of hydrogen-bond donors (Lipinski definition) is 2. The third-order valence-corrected chi connectivity index (χ3v) is 2.82. The van der Waals surface area contributed by atoms with E-state index in [0.717, 1.165) is 11.1 Å². The first-order valence-electron chi connectivity index (χ1n) is 5.73. The van der Waals surface area contributed by atoms with Crippen LogP contribution in [-0.4, -0.2) is 15.8 Å². The van der Waals surface area contributed by atoms with Crippen LogP contribution in [0.3, 0.4) is 0 Å². The van der Waals surface area contributed by atoms with Gasteiger partial charge in [0, 0.05) is 12.6 Å². The van der Waals surface area contributed by atoms with Crippen molar-refractivity contribution in [3.63, 3.8) is 0 Å². The molecule has 0 saturated heterocycles. The molecule has 1 aromatic carbocycles. The normalized spacial score (nSPS) is 10.2. The van der Waals surface area contributed by atoms with Crippen LogP contribution < -0.4 is 5.32 Å². The number of nitrogens with one attached hydrogen (secondary N) is 2. The Bertz CT molecular complexity index is 619. The van der Waals surface area contributed by atoms with E-state index < -0.39 is 4.92 Å². The molecule has 0 saturated carbocycles. The smallest absolute Gasteiger partial charge is 0.287 e. The number of aryl methyl sites for hydroxylation is 1. The lowest BCUT2D eigenvalue weighted by molar-refractivity contribution is -0.384. The first kappa shape index (κ1) is 12.8. The summed E-state index contributed by atoms with van der Waals surface area (Å²) in [6.45, 7) is 2.35. The van der Waals surface area contributed by atoms with E-state index in [9.17, 15) is 14.9 Å². The molecule has 0 aliphatic heterocycles. The molecule has 6 heteroatoms. The minimum absolute atomic E-state index is 0.124. The molecule has 1 heterocycles. The quantitative estimate of drug-likeness (QED) is 0.651. The summed E-state index contributed by atoms with van der Waals surface area (Å²) in [6.07, 6.45) is 1.20. The van der Waals surface area contributed by atoms with E-state index in [1.165, 1.54) is 12.3 Å². The molecule has 2 rings (SSSR count). The molecular formula is C13H13N3O3. The second kappa shape index (κ2) is 5.34. The van der Waals surface area contributed by atoms with Crippen molar-refractivity contribution >= 4 is 11.6 Å². The monoisotopic (exact) mass is 259 g/mol. The van der Waals surface area contributed by atoms with Gasteiger partial charge in [-0.15, -0.1) is 0 Å². The average molecular weight is 259 g/mol. The first-order valence-corrected chi connectivity index (χ1v) is 5.73. The van der Waals surface area contributed by atoms with Gasteiger partial charge in [-0.2, -0.15) is 0 Å². The molecule has 0 fully saturated rings. The van der Waals surface area contributed by atoms with Gasteiger partial charge in [-0.3, -0.25) is 14.9 Å². The van der Waals surface area contributed by atoms with Crippen LogP contribution in [0.15, 0.2) is 36.5 Å². The van der Waals surface area contributed by atoms with Crippen molar-refractivity contribution in [2.24, 2.45) is 0 Å². The van der Waals surface area contributed by atoms with Gasteiger partial charge in [-0.05, 0) is 18.1 Å². The minimum atomic E-state index is -0.547. The maximum Gasteiger partial charge on any atom is 0.287 e. The maximum atomic E-state index is 11.8. The van der Waals surface area contributed by atoms with Crippen molar-refractivity contribution in [3.05, 3.63) is 63.5 Å². The number of carbonyl (C=O) groups excluding carboxylic acids is 1. The Labute approximate surface area is 109 Å². The van der Waals surface area contributed by atoms with Gasteiger partial charge in [0.1, 0.15) is 5.69 Å². The molecule has 1 aromatic heterocycles. The maximum absolute atomic E-state index is 11.8. The fourth-order valence-electron chi connectivity index (χ4n) is 1.70. The predicted octanol–water partition coefficient (Wildman–Crippen LogP) is 2.16. The van der Waals surface area contributed by atoms with E-state index in [1.807, 2.05) is 31.2 Å². The minimum Gasteiger partial charge on any atom is -0.351 e. The van der Waals surface area contributed by atoms with Crippen LogP contribution in [0.2, 0.25) is 0 Å². The second-order valence-corrected chi connectivity index (χ2v) is 4.14. The molecule has 98 valence electrons. The average Bonchev–Trinajstić information content (AvgIpc) is 2.87. The third-order valence-electron chi connectivity index (χ3n) is 2.82. The summed E-state index contributed by atoms with van der Waals surface area (Å²) >= 11 is 0. The fraction of sp³-hybridized carbons (Fsp3) is 0.154. The van der Waals surface area contributed by atoms with Gasteiger partial charge in [0.15, 0.2) is 0 Å². The number of hydrogen-bond acceptors (Lipinski definition) is 3. The van der Waals surface area contributed by atoms with Crippen molar-refractivity contribution in [2.45, 2.75) is 13.5 Å². The Balaban J connectivity index is 2.01. The molecular weight excluding hydrogens is 246 g/mol. The highest BCUT2D eigenvalue weighted by Gasteiger charge is 2.14. The van der Waals surface area contributed by atoms with Crippen molar-refractivity contribution in [1.82, 2.24) is 10.3 Å². The molecule has 0 unspecified atom stereocenters. The molecule has 0 aliphatic rings. The topological polar surface area (TPSA) is 88.0 Å². The van der Waals surface area contributed by atoms with Gasteiger partial charge in [0.2, 0.25) is 0 Å². The largest absolute Gasteiger partial charge is 0.351 e. The van der Waals surface area contributed by atoms with Gasteiger partial charge in [0.05, 0.1) is 11.1 Å². The molecule has 0 radical (unpaired) electrons. The molecule has 19 heavy (non-hydrogen) atoms. The zero-order valence-electron chi connectivity index (χ0n) is 10.3. The van der Waals surface area contributed by atoms with E-state index in [-0.39, 0.29) is 17.3 Å². The number of aromatic nitrogens is 1. The van der Waals surface area contributed by atoms with Crippen LogP contribution in [0, 0.1) is 17.0 Å². The molecule has 2 aromatic rings. The Morgan fingerprint density at radius 2 is 2.16 bits per heavy atom. The summed E-state index contributed by atoms with van der Waals surface area (Å²) in [6, 6.07) is 8.92. The number of benzene rings is 1. The summed E-state index contributed by atoms with van der Waals surface area (Å²) in [4.78, 5) is 24.4. The van der Waals surface area contributed by atoms with Crippen molar-refractivity contribution in [3.8, 4) is 0 Å². The van der Waals surface area contributed by atoms with E-state index in [4.69, 9.17) is 0 Å². The summed E-state index contributed by atoms with van der Waals surface area (Å²) < 4.78 is 0. The molecule has 0 atom stereocenters. The van der Waals surface area contributed by atoms with Crippen molar-refractivity contribution in [2.75, 3.05) is 0 Å². The van der Waals surface area contributed by atoms with Gasteiger partial charge < -0.3 is 10.3 Å². The molecule has 0 aliphatic carbocycles. The predicted molar refractivity (Wildman–Crippen MR) is 69.8 cm³/mol. The zero-order valence-corrected chi connectivity index (χ0v) is 10.3. The highest BCUT2D eigenvalue weighted by Crippen LogP contribution is 2.12. The van der Waals surface area contributed by atoms with Crippen molar-refractivity contribution in [1.29, 1.82) is 0 Å². The number of nitro groups is 1. The molecule has 6 nitrogen and oxygen atoms in total. The van der Waals surface area contributed by atoms with Crippen LogP contribution in [0.5, 0.6) is 0 Å². The lowest BCUT2D eigenvalue weighted by Crippen LogP contribution is -2.23. The summed E-state index contributed by atoms with van der Waals surface area (Å²) in [5.41, 5.74) is 2.15. The van der Waals surface area contributed by atoms with Crippen LogP contribution in [0.4, 0.5) is 5.69 Å². The summed E-state index contributed by atoms with van der Waals surface area (Å²) in [5.74, 6) is -0.364. The molecule has 0 bridgehead atoms. The Morgan fingerprint density at radius 1 is 1.42 bits per heavy atom. The van der Waals surface area contributed by atoms with Crippen LogP contribution >= 0.6 is 0 Å². The number of aromatic amines is 1. The Morgan fingerprint density at radius 3 is 2.79 bits per heavy atom. The lowest BCUT2D eigenvalue weighted by atomic mass is 10.1. The van der Waals surface area contributed by atoms with Crippen molar-refractivity contribution < 1.29 is 9.72 Å². The molecule has 1 amide bonds. The fourth-order valence-corrected chi connectivity index (χ4v) is 1.70. The van der Waals surface area contributed by atoms with Gasteiger partial charge >= 0.3 is 0 Å². The van der Waals surface area contributed by atoms with Gasteiger partial charge in [0.25, 0.3) is 11.6 Å². The van der Waals surface area contributed by atoms with E-state index >= 15 is 0 Å². The second-order valence-electron chi connectivity index (χ2n) is 4.14. The zero-order chi connectivity index (χ0) is 13.8. The highest BCUT2D eigenvalue weighted by molar-refractivity contribution is 5.93. The van der Waals surface area contributed by atoms with Gasteiger partial charge in [-0.25, -0.2) is 0 Å². The molecule has 2 N–H and O–H groups in total. The summed E-state index contributed by atoms with van der Waals surface area (Å²) in [5, 5.41) is 13.2. The standard InChI is InChI=1S/C13H13N3O3/c1-9-4-2-3-5-10(9)7-15-13(17)12-6-11(8-14-12)16(18)19/h2-6,8,14H,7H2,1H3,(H,15,17). The SMILES string of the molecule is Cc1ccccc1CNC(=O)c1cc([N+](=O)[O-])c[nH]1. The lowest BCUT2D eigenvalue weighted by Gasteiger charge is -2.06. The number of carbonyl (C=O) groups is 1. The number of amides is 1.